The third-order valence-electron chi connectivity index (χ3n) is 3.18. The van der Waals surface area contributed by atoms with Crippen LogP contribution in [0.5, 0.6) is 11.5 Å². The Hall–Kier alpha value is -1.90. The van der Waals surface area contributed by atoms with Crippen molar-refractivity contribution in [3.63, 3.8) is 0 Å². The van der Waals surface area contributed by atoms with Crippen LogP contribution >= 0.6 is 23.2 Å². The van der Waals surface area contributed by atoms with Gasteiger partial charge >= 0.3 is 0 Å². The molecule has 0 saturated carbocycles. The molecule has 0 spiro atoms. The number of benzene rings is 3. The second kappa shape index (κ2) is 5.84. The van der Waals surface area contributed by atoms with Crippen molar-refractivity contribution in [2.24, 2.45) is 0 Å². The van der Waals surface area contributed by atoms with Crippen LogP contribution in [-0.4, -0.2) is 5.11 Å². The first-order valence-electron chi connectivity index (χ1n) is 6.41. The molecule has 0 aliphatic rings. The van der Waals surface area contributed by atoms with Crippen LogP contribution in [0.2, 0.25) is 10.0 Å². The van der Waals surface area contributed by atoms with Crippen molar-refractivity contribution in [1.82, 2.24) is 0 Å². The third-order valence-corrected chi connectivity index (χ3v) is 3.92. The summed E-state index contributed by atoms with van der Waals surface area (Å²) in [4.78, 5) is 0. The molecule has 0 fully saturated rings. The zero-order valence-electron chi connectivity index (χ0n) is 11.0. The summed E-state index contributed by atoms with van der Waals surface area (Å²) < 4.78 is 5.75. The third kappa shape index (κ3) is 3.23. The number of rotatable bonds is 3. The van der Waals surface area contributed by atoms with Gasteiger partial charge in [-0.2, -0.15) is 0 Å². The minimum Gasteiger partial charge on any atom is -0.508 e. The quantitative estimate of drug-likeness (QED) is 0.697. The van der Waals surface area contributed by atoms with Gasteiger partial charge in [-0.25, -0.2) is 0 Å². The number of phenols is 1. The number of halogens is 2. The highest BCUT2D eigenvalue weighted by Crippen LogP contribution is 2.26. The van der Waals surface area contributed by atoms with Gasteiger partial charge in [-0.3, -0.25) is 0 Å². The average molecular weight is 319 g/mol. The van der Waals surface area contributed by atoms with E-state index < -0.39 is 0 Å². The van der Waals surface area contributed by atoms with Gasteiger partial charge in [-0.05, 0) is 52.7 Å². The van der Waals surface area contributed by atoms with E-state index in [-0.39, 0.29) is 5.75 Å². The van der Waals surface area contributed by atoms with Crippen LogP contribution in [0.25, 0.3) is 10.8 Å². The molecule has 1 N–H and O–H groups in total. The normalized spacial score (nSPS) is 10.8. The Kier molecular flexibility index (Phi) is 3.91. The Morgan fingerprint density at radius 1 is 0.810 bits per heavy atom. The van der Waals surface area contributed by atoms with Crippen molar-refractivity contribution >= 4 is 34.0 Å². The number of phenolic OH excluding ortho intramolecular Hbond substituents is 1. The van der Waals surface area contributed by atoms with Gasteiger partial charge in [0.25, 0.3) is 0 Å². The standard InChI is InChI=1S/C17H12Cl2O2/c18-16-6-1-11(7-17(16)19)10-21-15-5-3-12-2-4-14(20)8-13(12)9-15/h1-9,20H,10H2. The number of fused-ring (bicyclic) bond motifs is 1. The van der Waals surface area contributed by atoms with Crippen LogP contribution in [0, 0.1) is 0 Å². The summed E-state index contributed by atoms with van der Waals surface area (Å²) in [6.45, 7) is 0.404. The smallest absolute Gasteiger partial charge is 0.120 e. The molecule has 0 aromatic heterocycles. The lowest BCUT2D eigenvalue weighted by atomic mass is 10.1. The summed E-state index contributed by atoms with van der Waals surface area (Å²) in [7, 11) is 0. The van der Waals surface area contributed by atoms with Gasteiger partial charge in [-0.15, -0.1) is 0 Å². The summed E-state index contributed by atoms with van der Waals surface area (Å²) in [5.74, 6) is 0.975. The van der Waals surface area contributed by atoms with Crippen molar-refractivity contribution in [3.05, 3.63) is 70.2 Å². The van der Waals surface area contributed by atoms with Crippen LogP contribution in [-0.2, 0) is 6.61 Å². The first-order chi connectivity index (χ1) is 10.1. The molecule has 3 rings (SSSR count). The van der Waals surface area contributed by atoms with Crippen LogP contribution in [0.1, 0.15) is 5.56 Å². The zero-order chi connectivity index (χ0) is 14.8. The fraction of sp³-hybridized carbons (Fsp3) is 0.0588. The molecule has 0 radical (unpaired) electrons. The van der Waals surface area contributed by atoms with E-state index in [2.05, 4.69) is 0 Å². The highest BCUT2D eigenvalue weighted by atomic mass is 35.5. The van der Waals surface area contributed by atoms with Crippen molar-refractivity contribution in [1.29, 1.82) is 0 Å². The van der Waals surface area contributed by atoms with E-state index in [0.29, 0.717) is 16.7 Å². The Balaban J connectivity index is 1.79. The maximum atomic E-state index is 9.52. The molecule has 0 amide bonds. The molecule has 2 nitrogen and oxygen atoms in total. The molecular formula is C17H12Cl2O2. The van der Waals surface area contributed by atoms with E-state index in [1.807, 2.05) is 30.3 Å². The molecule has 0 atom stereocenters. The number of hydrogen-bond donors (Lipinski definition) is 1. The minimum atomic E-state index is 0.240. The van der Waals surface area contributed by atoms with E-state index in [1.165, 1.54) is 0 Å². The molecule has 0 saturated heterocycles. The Bertz CT molecular complexity index is 800. The fourth-order valence-electron chi connectivity index (χ4n) is 2.10. The average Bonchev–Trinajstić information content (AvgIpc) is 2.48. The predicted molar refractivity (Wildman–Crippen MR) is 86.4 cm³/mol. The SMILES string of the molecule is Oc1ccc2ccc(OCc3ccc(Cl)c(Cl)c3)cc2c1. The monoisotopic (exact) mass is 318 g/mol. The second-order valence-corrected chi connectivity index (χ2v) is 5.54. The van der Waals surface area contributed by atoms with Gasteiger partial charge in [0, 0.05) is 0 Å². The lowest BCUT2D eigenvalue weighted by Crippen LogP contribution is -1.95. The van der Waals surface area contributed by atoms with Crippen molar-refractivity contribution in [2.75, 3.05) is 0 Å². The van der Waals surface area contributed by atoms with Gasteiger partial charge in [-0.1, -0.05) is 41.4 Å². The van der Waals surface area contributed by atoms with Gasteiger partial charge in [0.1, 0.15) is 18.1 Å². The van der Waals surface area contributed by atoms with E-state index in [9.17, 15) is 5.11 Å². The lowest BCUT2D eigenvalue weighted by molar-refractivity contribution is 0.306. The van der Waals surface area contributed by atoms with Crippen molar-refractivity contribution in [3.8, 4) is 11.5 Å². The molecule has 21 heavy (non-hydrogen) atoms. The lowest BCUT2D eigenvalue weighted by Gasteiger charge is -2.08. The molecule has 0 aliphatic carbocycles. The van der Waals surface area contributed by atoms with Crippen molar-refractivity contribution in [2.45, 2.75) is 6.61 Å². The summed E-state index contributed by atoms with van der Waals surface area (Å²) in [6.07, 6.45) is 0. The van der Waals surface area contributed by atoms with Crippen LogP contribution in [0.4, 0.5) is 0 Å². The molecule has 0 unspecified atom stereocenters. The first kappa shape index (κ1) is 14.1. The van der Waals surface area contributed by atoms with E-state index in [0.717, 1.165) is 22.1 Å². The number of hydrogen-bond acceptors (Lipinski definition) is 2. The molecule has 3 aromatic carbocycles. The van der Waals surface area contributed by atoms with Crippen LogP contribution in [0.3, 0.4) is 0 Å². The fourth-order valence-corrected chi connectivity index (χ4v) is 2.42. The Labute approximate surface area is 132 Å². The largest absolute Gasteiger partial charge is 0.508 e. The first-order valence-corrected chi connectivity index (χ1v) is 7.17. The van der Waals surface area contributed by atoms with Crippen molar-refractivity contribution < 1.29 is 9.84 Å². The molecule has 4 heteroatoms. The van der Waals surface area contributed by atoms with Gasteiger partial charge in [0.05, 0.1) is 10.0 Å². The Morgan fingerprint density at radius 3 is 2.43 bits per heavy atom. The van der Waals surface area contributed by atoms with Gasteiger partial charge in [0.15, 0.2) is 0 Å². The molecule has 106 valence electrons. The van der Waals surface area contributed by atoms with E-state index in [1.54, 1.807) is 24.3 Å². The molecule has 0 heterocycles. The predicted octanol–water partition coefficient (Wildman–Crippen LogP) is 5.43. The summed E-state index contributed by atoms with van der Waals surface area (Å²) in [6, 6.07) is 16.4. The summed E-state index contributed by atoms with van der Waals surface area (Å²) in [5, 5.41) is 12.5. The highest BCUT2D eigenvalue weighted by molar-refractivity contribution is 6.42. The Morgan fingerprint density at radius 2 is 1.62 bits per heavy atom. The number of aromatic hydroxyl groups is 1. The number of ether oxygens (including phenoxy) is 1. The topological polar surface area (TPSA) is 29.5 Å². The van der Waals surface area contributed by atoms with Crippen LogP contribution in [0.15, 0.2) is 54.6 Å². The minimum absolute atomic E-state index is 0.240. The molecule has 0 bridgehead atoms. The van der Waals surface area contributed by atoms with E-state index >= 15 is 0 Å². The van der Waals surface area contributed by atoms with E-state index in [4.69, 9.17) is 27.9 Å². The molecule has 3 aromatic rings. The van der Waals surface area contributed by atoms with Gasteiger partial charge in [0.2, 0.25) is 0 Å². The maximum Gasteiger partial charge on any atom is 0.120 e. The zero-order valence-corrected chi connectivity index (χ0v) is 12.5. The highest BCUT2D eigenvalue weighted by Gasteiger charge is 2.02. The second-order valence-electron chi connectivity index (χ2n) is 4.73. The molecule has 0 aliphatic heterocycles. The summed E-state index contributed by atoms with van der Waals surface area (Å²) >= 11 is 11.9. The summed E-state index contributed by atoms with van der Waals surface area (Å²) in [5.41, 5.74) is 0.945. The maximum absolute atomic E-state index is 9.52. The molecular weight excluding hydrogens is 307 g/mol. The van der Waals surface area contributed by atoms with Crippen LogP contribution < -0.4 is 4.74 Å². The van der Waals surface area contributed by atoms with Gasteiger partial charge < -0.3 is 9.84 Å².